The Balaban J connectivity index is 1.63. The summed E-state index contributed by atoms with van der Waals surface area (Å²) in [6.45, 7) is 0.00480. The van der Waals surface area contributed by atoms with Gasteiger partial charge in [0.15, 0.2) is 0 Å². The van der Waals surface area contributed by atoms with Crippen LogP contribution in [-0.4, -0.2) is 49.2 Å². The van der Waals surface area contributed by atoms with Crippen LogP contribution in [0.5, 0.6) is 5.75 Å². The zero-order chi connectivity index (χ0) is 24.8. The lowest BCUT2D eigenvalue weighted by Gasteiger charge is -2.29. The number of benzene rings is 2. The number of halogens is 2. The first kappa shape index (κ1) is 24.6. The second-order valence-electron chi connectivity index (χ2n) is 8.22. The predicted octanol–water partition coefficient (Wildman–Crippen LogP) is 4.43. The highest BCUT2D eigenvalue weighted by Gasteiger charge is 2.28. The third-order valence-corrected chi connectivity index (χ3v) is 5.69. The third kappa shape index (κ3) is 5.93. The summed E-state index contributed by atoms with van der Waals surface area (Å²) >= 11 is 0. The fourth-order valence-corrected chi connectivity index (χ4v) is 4.11. The number of nitrogens with one attached hydrogen (secondary N) is 1. The minimum atomic E-state index is -0.742. The first-order valence-electron chi connectivity index (χ1n) is 11.2. The van der Waals surface area contributed by atoms with E-state index >= 15 is 0 Å². The summed E-state index contributed by atoms with van der Waals surface area (Å²) in [7, 11) is 2.94. The molecule has 1 heterocycles. The van der Waals surface area contributed by atoms with Crippen LogP contribution < -0.4 is 10.1 Å². The largest absolute Gasteiger partial charge is 0.483 e. The van der Waals surface area contributed by atoms with Gasteiger partial charge < -0.3 is 19.5 Å². The molecule has 1 amide bonds. The van der Waals surface area contributed by atoms with Crippen LogP contribution in [0.1, 0.15) is 24.1 Å². The van der Waals surface area contributed by atoms with Crippen molar-refractivity contribution in [3.05, 3.63) is 84.1 Å². The van der Waals surface area contributed by atoms with Crippen molar-refractivity contribution in [1.82, 2.24) is 15.1 Å². The van der Waals surface area contributed by atoms with Crippen molar-refractivity contribution >= 4 is 16.8 Å². The van der Waals surface area contributed by atoms with Gasteiger partial charge in [0.1, 0.15) is 30.1 Å². The fraction of sp³-hybridized carbons (Fsp3) is 0.308. The Bertz CT molecular complexity index is 1240. The molecule has 0 saturated carbocycles. The zero-order valence-electron chi connectivity index (χ0n) is 19.5. The summed E-state index contributed by atoms with van der Waals surface area (Å²) < 4.78 is 45.8. The normalized spacial score (nSPS) is 17.1. The van der Waals surface area contributed by atoms with Gasteiger partial charge in [-0.2, -0.15) is 5.10 Å². The molecule has 0 saturated heterocycles. The number of hydrogen-bond acceptors (Lipinski definition) is 5. The summed E-state index contributed by atoms with van der Waals surface area (Å²) in [5.74, 6) is -0.501. The molecule has 0 radical (unpaired) electrons. The van der Waals surface area contributed by atoms with Gasteiger partial charge in [0.2, 0.25) is 5.91 Å². The molecule has 3 atom stereocenters. The van der Waals surface area contributed by atoms with Gasteiger partial charge in [-0.3, -0.25) is 9.48 Å². The van der Waals surface area contributed by atoms with Crippen molar-refractivity contribution in [3.8, 4) is 5.75 Å². The Morgan fingerprint density at radius 3 is 2.77 bits per heavy atom. The van der Waals surface area contributed by atoms with Gasteiger partial charge in [-0.15, -0.1) is 0 Å². The second-order valence-corrected chi connectivity index (χ2v) is 8.22. The van der Waals surface area contributed by atoms with Crippen LogP contribution in [0, 0.1) is 5.82 Å². The molecule has 1 aromatic heterocycles. The highest BCUT2D eigenvalue weighted by Crippen LogP contribution is 2.31. The van der Waals surface area contributed by atoms with Crippen molar-refractivity contribution in [1.29, 1.82) is 0 Å². The van der Waals surface area contributed by atoms with Gasteiger partial charge in [0, 0.05) is 19.6 Å². The molecule has 0 bridgehead atoms. The van der Waals surface area contributed by atoms with E-state index in [0.29, 0.717) is 17.7 Å². The maximum Gasteiger partial charge on any atom is 0.246 e. The molecule has 0 aliphatic heterocycles. The quantitative estimate of drug-likeness (QED) is 0.462. The molecule has 1 N–H and O–H groups in total. The number of carbonyl (C=O) groups excluding carboxylic acids is 1. The summed E-state index contributed by atoms with van der Waals surface area (Å²) in [5.41, 5.74) is 1.41. The summed E-state index contributed by atoms with van der Waals surface area (Å²) in [5, 5.41) is 8.15. The minimum absolute atomic E-state index is 0.0825. The van der Waals surface area contributed by atoms with E-state index in [1.165, 1.54) is 38.5 Å². The van der Waals surface area contributed by atoms with Crippen LogP contribution in [-0.2, 0) is 14.3 Å². The molecule has 2 aromatic carbocycles. The van der Waals surface area contributed by atoms with E-state index in [4.69, 9.17) is 14.2 Å². The van der Waals surface area contributed by atoms with Gasteiger partial charge in [-0.25, -0.2) is 8.78 Å². The monoisotopic (exact) mass is 483 g/mol. The zero-order valence-corrected chi connectivity index (χ0v) is 19.5. The van der Waals surface area contributed by atoms with Crippen molar-refractivity contribution < 1.29 is 27.8 Å². The predicted molar refractivity (Wildman–Crippen MR) is 127 cm³/mol. The van der Waals surface area contributed by atoms with E-state index in [1.54, 1.807) is 30.5 Å². The van der Waals surface area contributed by atoms with Crippen LogP contribution in [0.3, 0.4) is 0 Å². The standard InChI is InChI=1S/C26H27F2N3O4/c1-33-15-23(30-25(32)16-34-2)26(17-4-3-5-20(28)12-17)35-22-10-11-24-18(13-22)14-29-31(24)21-8-6-19(27)7-9-21/h3-8,10-14,21,23,26H,9,15-16H2,1-2H3,(H,30,32)/t21?,23-,26+/m0/s1. The Morgan fingerprint density at radius 2 is 2.06 bits per heavy atom. The smallest absolute Gasteiger partial charge is 0.246 e. The van der Waals surface area contributed by atoms with Gasteiger partial charge in [0.05, 0.1) is 30.4 Å². The first-order valence-corrected chi connectivity index (χ1v) is 11.2. The fourth-order valence-electron chi connectivity index (χ4n) is 4.11. The average molecular weight is 484 g/mol. The SMILES string of the molecule is COCC(=O)N[C@@H](COC)[C@H](Oc1ccc2c(cnn2C2C=CC(F)=CC2)c1)c1cccc(F)c1. The van der Waals surface area contributed by atoms with Crippen LogP contribution in [0.15, 0.2) is 72.7 Å². The number of fused-ring (bicyclic) bond motifs is 1. The van der Waals surface area contributed by atoms with Crippen molar-refractivity contribution in [3.63, 3.8) is 0 Å². The molecule has 4 rings (SSSR count). The van der Waals surface area contributed by atoms with Gasteiger partial charge >= 0.3 is 0 Å². The molecule has 7 nitrogen and oxygen atoms in total. The lowest BCUT2D eigenvalue weighted by atomic mass is 10.0. The van der Waals surface area contributed by atoms with Gasteiger partial charge in [-0.1, -0.05) is 18.2 Å². The highest BCUT2D eigenvalue weighted by atomic mass is 19.1. The first-order chi connectivity index (χ1) is 17.0. The van der Waals surface area contributed by atoms with Crippen LogP contribution in [0.25, 0.3) is 10.9 Å². The van der Waals surface area contributed by atoms with E-state index in [0.717, 1.165) is 10.9 Å². The third-order valence-electron chi connectivity index (χ3n) is 5.69. The molecule has 35 heavy (non-hydrogen) atoms. The van der Waals surface area contributed by atoms with E-state index < -0.39 is 18.0 Å². The number of nitrogens with zero attached hydrogens (tertiary/aromatic N) is 2. The topological polar surface area (TPSA) is 74.6 Å². The molecule has 1 aliphatic carbocycles. The van der Waals surface area contributed by atoms with E-state index in [1.807, 2.05) is 16.8 Å². The number of hydrogen-bond donors (Lipinski definition) is 1. The summed E-state index contributed by atoms with van der Waals surface area (Å²) in [6.07, 6.45) is 6.25. The molecular formula is C26H27F2N3O4. The maximum atomic E-state index is 14.1. The summed E-state index contributed by atoms with van der Waals surface area (Å²) in [6, 6.07) is 10.8. The lowest BCUT2D eigenvalue weighted by molar-refractivity contribution is -0.126. The molecule has 184 valence electrons. The number of amides is 1. The average Bonchev–Trinajstić information content (AvgIpc) is 3.26. The van der Waals surface area contributed by atoms with E-state index in [2.05, 4.69) is 10.4 Å². The maximum absolute atomic E-state index is 14.1. The molecule has 9 heteroatoms. The molecule has 3 aromatic rings. The molecule has 1 aliphatic rings. The minimum Gasteiger partial charge on any atom is -0.483 e. The van der Waals surface area contributed by atoms with Crippen molar-refractivity contribution in [2.75, 3.05) is 27.4 Å². The van der Waals surface area contributed by atoms with E-state index in [-0.39, 0.29) is 31.0 Å². The second kappa shape index (κ2) is 11.2. The Kier molecular flexibility index (Phi) is 7.89. The van der Waals surface area contributed by atoms with Crippen LogP contribution >= 0.6 is 0 Å². The van der Waals surface area contributed by atoms with Gasteiger partial charge in [0.25, 0.3) is 0 Å². The van der Waals surface area contributed by atoms with Crippen LogP contribution in [0.4, 0.5) is 8.78 Å². The van der Waals surface area contributed by atoms with Crippen LogP contribution in [0.2, 0.25) is 0 Å². The van der Waals surface area contributed by atoms with E-state index in [9.17, 15) is 13.6 Å². The van der Waals surface area contributed by atoms with Gasteiger partial charge in [-0.05, 0) is 54.5 Å². The summed E-state index contributed by atoms with van der Waals surface area (Å²) in [4.78, 5) is 12.3. The Hall–Kier alpha value is -3.56. The van der Waals surface area contributed by atoms with Crippen molar-refractivity contribution in [2.24, 2.45) is 0 Å². The number of carbonyl (C=O) groups is 1. The molecule has 1 unspecified atom stereocenters. The number of allylic oxidation sites excluding steroid dienone is 4. The molecular weight excluding hydrogens is 456 g/mol. The Labute approximate surface area is 202 Å². The number of aromatic nitrogens is 2. The van der Waals surface area contributed by atoms with Crippen molar-refractivity contribution in [2.45, 2.75) is 24.6 Å². The molecule has 0 fully saturated rings. The molecule has 0 spiro atoms. The number of rotatable bonds is 10. The highest BCUT2D eigenvalue weighted by molar-refractivity contribution is 5.80. The number of methoxy groups -OCH3 is 2. The Morgan fingerprint density at radius 1 is 1.20 bits per heavy atom. The number of ether oxygens (including phenoxy) is 3. The lowest BCUT2D eigenvalue weighted by Crippen LogP contribution is -2.45.